The van der Waals surface area contributed by atoms with E-state index in [4.69, 9.17) is 0 Å². The van der Waals surface area contributed by atoms with Crippen LogP contribution in [-0.4, -0.2) is 6.54 Å². The second-order valence-electron chi connectivity index (χ2n) is 4.76. The average Bonchev–Trinajstić information content (AvgIpc) is 2.73. The van der Waals surface area contributed by atoms with Gasteiger partial charge < -0.3 is 5.32 Å². The quantitative estimate of drug-likeness (QED) is 0.597. The van der Waals surface area contributed by atoms with Gasteiger partial charge in [-0.1, -0.05) is 6.92 Å². The standard InChI is InChI=1S/C15H15Br2F2NS/c1-2-3-20-13(14-8-12(16)15(17)21-14)6-9-4-10(18)7-11(19)5-9/h4-5,7-8,13,20H,2-3,6H2,1H3. The molecule has 0 saturated heterocycles. The van der Waals surface area contributed by atoms with Crippen molar-refractivity contribution in [3.63, 3.8) is 0 Å². The van der Waals surface area contributed by atoms with Crippen molar-refractivity contribution in [2.45, 2.75) is 25.8 Å². The number of benzene rings is 1. The fourth-order valence-corrected chi connectivity index (χ4v) is 4.26. The summed E-state index contributed by atoms with van der Waals surface area (Å²) in [5, 5.41) is 3.44. The molecule has 1 aromatic carbocycles. The third kappa shape index (κ3) is 4.84. The van der Waals surface area contributed by atoms with E-state index in [2.05, 4.69) is 44.1 Å². The maximum Gasteiger partial charge on any atom is 0.126 e. The third-order valence-corrected chi connectivity index (χ3v) is 6.38. The van der Waals surface area contributed by atoms with Gasteiger partial charge in [-0.3, -0.25) is 0 Å². The lowest BCUT2D eigenvalue weighted by atomic mass is 10.0. The van der Waals surface area contributed by atoms with Gasteiger partial charge in [-0.25, -0.2) is 8.78 Å². The Labute approximate surface area is 144 Å². The van der Waals surface area contributed by atoms with E-state index in [-0.39, 0.29) is 6.04 Å². The molecule has 1 atom stereocenters. The first-order valence-corrected chi connectivity index (χ1v) is 9.03. The van der Waals surface area contributed by atoms with Gasteiger partial charge in [0.25, 0.3) is 0 Å². The summed E-state index contributed by atoms with van der Waals surface area (Å²) in [6, 6.07) is 5.76. The molecule has 1 unspecified atom stereocenters. The third-order valence-electron chi connectivity index (χ3n) is 3.01. The monoisotopic (exact) mass is 437 g/mol. The zero-order valence-corrected chi connectivity index (χ0v) is 15.4. The van der Waals surface area contributed by atoms with Crippen LogP contribution in [0.15, 0.2) is 32.5 Å². The molecule has 0 radical (unpaired) electrons. The van der Waals surface area contributed by atoms with Crippen LogP contribution >= 0.6 is 43.2 Å². The Morgan fingerprint density at radius 3 is 2.33 bits per heavy atom. The average molecular weight is 439 g/mol. The number of hydrogen-bond donors (Lipinski definition) is 1. The Morgan fingerprint density at radius 1 is 1.14 bits per heavy atom. The van der Waals surface area contributed by atoms with Crippen molar-refractivity contribution in [2.24, 2.45) is 0 Å². The summed E-state index contributed by atoms with van der Waals surface area (Å²) in [5.41, 5.74) is 0.654. The van der Waals surface area contributed by atoms with Gasteiger partial charge in [0, 0.05) is 21.5 Å². The molecule has 0 aliphatic rings. The lowest BCUT2D eigenvalue weighted by molar-refractivity contribution is 0.529. The van der Waals surface area contributed by atoms with Crippen LogP contribution in [0.3, 0.4) is 0 Å². The second kappa shape index (κ2) is 7.81. The van der Waals surface area contributed by atoms with E-state index in [9.17, 15) is 8.78 Å². The van der Waals surface area contributed by atoms with E-state index in [1.807, 2.05) is 6.07 Å². The van der Waals surface area contributed by atoms with Crippen LogP contribution in [0.5, 0.6) is 0 Å². The predicted octanol–water partition coefficient (Wildman–Crippen LogP) is 5.83. The minimum atomic E-state index is -0.534. The normalized spacial score (nSPS) is 12.6. The summed E-state index contributed by atoms with van der Waals surface area (Å²) >= 11 is 8.58. The highest BCUT2D eigenvalue weighted by Gasteiger charge is 2.16. The Morgan fingerprint density at radius 2 is 1.81 bits per heavy atom. The van der Waals surface area contributed by atoms with Crippen molar-refractivity contribution in [1.82, 2.24) is 5.32 Å². The molecule has 0 fully saturated rings. The highest BCUT2D eigenvalue weighted by atomic mass is 79.9. The fourth-order valence-electron chi connectivity index (χ4n) is 2.09. The van der Waals surface area contributed by atoms with Crippen molar-refractivity contribution in [1.29, 1.82) is 0 Å². The zero-order chi connectivity index (χ0) is 15.4. The van der Waals surface area contributed by atoms with Gasteiger partial charge in [-0.2, -0.15) is 0 Å². The first-order chi connectivity index (χ1) is 9.99. The SMILES string of the molecule is CCCNC(Cc1cc(F)cc(F)c1)c1cc(Br)c(Br)s1. The summed E-state index contributed by atoms with van der Waals surface area (Å²) in [6.07, 6.45) is 1.55. The number of rotatable bonds is 6. The van der Waals surface area contributed by atoms with Gasteiger partial charge >= 0.3 is 0 Å². The lowest BCUT2D eigenvalue weighted by Gasteiger charge is -2.17. The summed E-state index contributed by atoms with van der Waals surface area (Å²) in [7, 11) is 0. The molecule has 0 aliphatic carbocycles. The number of halogens is 4. The molecular formula is C15H15Br2F2NS. The van der Waals surface area contributed by atoms with E-state index in [0.29, 0.717) is 12.0 Å². The predicted molar refractivity (Wildman–Crippen MR) is 90.8 cm³/mol. The molecule has 6 heteroatoms. The summed E-state index contributed by atoms with van der Waals surface area (Å²) in [5.74, 6) is -1.07. The highest BCUT2D eigenvalue weighted by Crippen LogP contribution is 2.36. The Kier molecular flexibility index (Phi) is 6.34. The smallest absolute Gasteiger partial charge is 0.126 e. The molecular weight excluding hydrogens is 424 g/mol. The topological polar surface area (TPSA) is 12.0 Å². The van der Waals surface area contributed by atoms with Crippen LogP contribution in [0.4, 0.5) is 8.78 Å². The molecule has 0 aliphatic heterocycles. The Balaban J connectivity index is 2.23. The molecule has 1 heterocycles. The molecule has 21 heavy (non-hydrogen) atoms. The van der Waals surface area contributed by atoms with Crippen LogP contribution in [-0.2, 0) is 6.42 Å². The molecule has 1 aromatic heterocycles. The van der Waals surface area contributed by atoms with Gasteiger partial charge in [-0.05, 0) is 75.0 Å². The lowest BCUT2D eigenvalue weighted by Crippen LogP contribution is -2.23. The Hall–Kier alpha value is -0.300. The van der Waals surface area contributed by atoms with E-state index < -0.39 is 11.6 Å². The molecule has 1 N–H and O–H groups in total. The molecule has 1 nitrogen and oxygen atoms in total. The molecule has 0 bridgehead atoms. The van der Waals surface area contributed by atoms with E-state index >= 15 is 0 Å². The van der Waals surface area contributed by atoms with Gasteiger partial charge in [-0.15, -0.1) is 11.3 Å². The number of hydrogen-bond acceptors (Lipinski definition) is 2. The van der Waals surface area contributed by atoms with Crippen LogP contribution in [0.2, 0.25) is 0 Å². The number of nitrogens with one attached hydrogen (secondary N) is 1. The van der Waals surface area contributed by atoms with Crippen molar-refractivity contribution in [3.05, 3.63) is 54.6 Å². The molecule has 2 rings (SSSR count). The first kappa shape index (κ1) is 17.1. The van der Waals surface area contributed by atoms with Crippen LogP contribution in [0, 0.1) is 11.6 Å². The van der Waals surface area contributed by atoms with Crippen LogP contribution in [0.25, 0.3) is 0 Å². The highest BCUT2D eigenvalue weighted by molar-refractivity contribution is 9.13. The largest absolute Gasteiger partial charge is 0.309 e. The fraction of sp³-hybridized carbons (Fsp3) is 0.333. The zero-order valence-electron chi connectivity index (χ0n) is 11.4. The molecule has 0 saturated carbocycles. The molecule has 0 spiro atoms. The van der Waals surface area contributed by atoms with Crippen LogP contribution in [0.1, 0.15) is 29.8 Å². The summed E-state index contributed by atoms with van der Waals surface area (Å²) < 4.78 is 28.7. The Bertz CT molecular complexity index is 576. The number of thiophene rings is 1. The van der Waals surface area contributed by atoms with E-state index in [1.165, 1.54) is 12.1 Å². The second-order valence-corrected chi connectivity index (χ2v) is 8.01. The van der Waals surface area contributed by atoms with Gasteiger partial charge in [0.2, 0.25) is 0 Å². The van der Waals surface area contributed by atoms with Crippen molar-refractivity contribution in [3.8, 4) is 0 Å². The molecule has 114 valence electrons. The van der Waals surface area contributed by atoms with E-state index in [1.54, 1.807) is 11.3 Å². The van der Waals surface area contributed by atoms with Gasteiger partial charge in [0.1, 0.15) is 11.6 Å². The van der Waals surface area contributed by atoms with Crippen molar-refractivity contribution >= 4 is 43.2 Å². The van der Waals surface area contributed by atoms with Crippen molar-refractivity contribution < 1.29 is 8.78 Å². The summed E-state index contributed by atoms with van der Waals surface area (Å²) in [6.45, 7) is 2.95. The molecule has 0 amide bonds. The minimum Gasteiger partial charge on any atom is -0.309 e. The van der Waals surface area contributed by atoms with Gasteiger partial charge in [0.05, 0.1) is 3.79 Å². The minimum absolute atomic E-state index is 0.0405. The maximum absolute atomic E-state index is 13.3. The molecule has 2 aromatic rings. The van der Waals surface area contributed by atoms with Crippen LogP contribution < -0.4 is 5.32 Å². The summed E-state index contributed by atoms with van der Waals surface area (Å²) in [4.78, 5) is 1.13. The van der Waals surface area contributed by atoms with E-state index in [0.717, 1.165) is 32.2 Å². The first-order valence-electron chi connectivity index (χ1n) is 6.62. The maximum atomic E-state index is 13.3. The van der Waals surface area contributed by atoms with Crippen molar-refractivity contribution in [2.75, 3.05) is 6.54 Å². The van der Waals surface area contributed by atoms with Gasteiger partial charge in [0.15, 0.2) is 0 Å².